The Bertz CT molecular complexity index is 1340. The minimum absolute atomic E-state index is 0.0334. The number of furan rings is 2. The molecule has 2 heterocycles. The summed E-state index contributed by atoms with van der Waals surface area (Å²) >= 11 is 6.33. The van der Waals surface area contributed by atoms with Gasteiger partial charge in [0.1, 0.15) is 29.6 Å². The lowest BCUT2D eigenvalue weighted by Gasteiger charge is -2.07. The third-order valence-corrected chi connectivity index (χ3v) is 5.12. The molecular formula is C23H17ClN2O7. The predicted molar refractivity (Wildman–Crippen MR) is 120 cm³/mol. The van der Waals surface area contributed by atoms with Gasteiger partial charge in [-0.25, -0.2) is 0 Å². The molecule has 0 radical (unpaired) electrons. The summed E-state index contributed by atoms with van der Waals surface area (Å²) in [5, 5.41) is 23.6. The molecule has 4 aromatic rings. The van der Waals surface area contributed by atoms with Crippen LogP contribution in [0, 0.1) is 10.1 Å². The van der Waals surface area contributed by atoms with Crippen LogP contribution in [0.5, 0.6) is 5.75 Å². The van der Waals surface area contributed by atoms with Gasteiger partial charge in [-0.2, -0.15) is 0 Å². The van der Waals surface area contributed by atoms with E-state index in [0.29, 0.717) is 33.5 Å². The van der Waals surface area contributed by atoms with Crippen LogP contribution in [0.1, 0.15) is 16.3 Å². The van der Waals surface area contributed by atoms with Gasteiger partial charge in [0.05, 0.1) is 28.7 Å². The zero-order valence-corrected chi connectivity index (χ0v) is 18.0. The fraction of sp³-hybridized carbons (Fsp3) is 0.0870. The first kappa shape index (κ1) is 22.1. The van der Waals surface area contributed by atoms with Crippen LogP contribution in [0.15, 0.2) is 69.5 Å². The van der Waals surface area contributed by atoms with Crippen molar-refractivity contribution in [3.63, 3.8) is 0 Å². The number of rotatable bonds is 7. The van der Waals surface area contributed by atoms with Gasteiger partial charge in [0, 0.05) is 11.3 Å². The highest BCUT2D eigenvalue weighted by atomic mass is 35.5. The number of carbonyl (C=O) groups is 1. The normalized spacial score (nSPS) is 10.8. The number of aliphatic hydroxyl groups excluding tert-OH is 1. The molecule has 0 fully saturated rings. The van der Waals surface area contributed by atoms with Gasteiger partial charge in [0.25, 0.3) is 11.6 Å². The monoisotopic (exact) mass is 468 g/mol. The summed E-state index contributed by atoms with van der Waals surface area (Å²) in [4.78, 5) is 23.5. The van der Waals surface area contributed by atoms with Gasteiger partial charge in [0.2, 0.25) is 0 Å². The van der Waals surface area contributed by atoms with Crippen molar-refractivity contribution in [2.45, 2.75) is 6.61 Å². The van der Waals surface area contributed by atoms with E-state index in [4.69, 9.17) is 30.3 Å². The van der Waals surface area contributed by atoms with Crippen molar-refractivity contribution in [2.75, 3.05) is 12.4 Å². The molecule has 10 heteroatoms. The Morgan fingerprint density at radius 2 is 1.79 bits per heavy atom. The highest BCUT2D eigenvalue weighted by Crippen LogP contribution is 2.35. The molecule has 2 aromatic carbocycles. The Morgan fingerprint density at radius 1 is 1.06 bits per heavy atom. The molecule has 2 aromatic heterocycles. The number of halogens is 1. The minimum atomic E-state index is -0.554. The molecule has 168 valence electrons. The first-order chi connectivity index (χ1) is 15.9. The van der Waals surface area contributed by atoms with E-state index in [0.717, 1.165) is 0 Å². The maximum absolute atomic E-state index is 12.6. The van der Waals surface area contributed by atoms with E-state index in [2.05, 4.69) is 5.32 Å². The number of methoxy groups -OCH3 is 1. The van der Waals surface area contributed by atoms with Crippen molar-refractivity contribution in [2.24, 2.45) is 0 Å². The zero-order chi connectivity index (χ0) is 23.5. The topological polar surface area (TPSA) is 128 Å². The molecular weight excluding hydrogens is 452 g/mol. The smallest absolute Gasteiger partial charge is 0.291 e. The third-order valence-electron chi connectivity index (χ3n) is 4.81. The number of anilines is 1. The van der Waals surface area contributed by atoms with E-state index in [1.807, 2.05) is 0 Å². The molecule has 33 heavy (non-hydrogen) atoms. The van der Waals surface area contributed by atoms with Crippen molar-refractivity contribution in [3.8, 4) is 28.4 Å². The lowest BCUT2D eigenvalue weighted by atomic mass is 10.1. The van der Waals surface area contributed by atoms with Crippen molar-refractivity contribution in [1.29, 1.82) is 0 Å². The Labute approximate surface area is 192 Å². The van der Waals surface area contributed by atoms with Gasteiger partial charge < -0.3 is 24.0 Å². The van der Waals surface area contributed by atoms with Gasteiger partial charge in [-0.3, -0.25) is 14.9 Å². The molecule has 0 aliphatic carbocycles. The molecule has 0 saturated heterocycles. The predicted octanol–water partition coefficient (Wildman–Crippen LogP) is 5.52. The van der Waals surface area contributed by atoms with Crippen molar-refractivity contribution in [1.82, 2.24) is 0 Å². The summed E-state index contributed by atoms with van der Waals surface area (Å²) in [6, 6.07) is 15.4. The number of aliphatic hydroxyl groups is 1. The fourth-order valence-electron chi connectivity index (χ4n) is 3.20. The van der Waals surface area contributed by atoms with E-state index >= 15 is 0 Å². The number of amides is 1. The fourth-order valence-corrected chi connectivity index (χ4v) is 3.47. The molecule has 2 N–H and O–H groups in total. The Hall–Kier alpha value is -4.08. The number of nitrogens with zero attached hydrogens (tertiary/aromatic N) is 1. The molecule has 9 nitrogen and oxygen atoms in total. The van der Waals surface area contributed by atoms with Crippen LogP contribution in [0.3, 0.4) is 0 Å². The molecule has 0 saturated carbocycles. The summed E-state index contributed by atoms with van der Waals surface area (Å²) in [5.74, 6) is 0.802. The van der Waals surface area contributed by atoms with Crippen molar-refractivity contribution >= 4 is 28.9 Å². The second kappa shape index (κ2) is 9.19. The number of nitro groups is 1. The van der Waals surface area contributed by atoms with Crippen molar-refractivity contribution in [3.05, 3.63) is 87.3 Å². The first-order valence-corrected chi connectivity index (χ1v) is 10.0. The average molecular weight is 469 g/mol. The number of benzene rings is 2. The summed E-state index contributed by atoms with van der Waals surface area (Å²) in [7, 11) is 1.41. The van der Waals surface area contributed by atoms with Gasteiger partial charge in [-0.1, -0.05) is 11.6 Å². The zero-order valence-electron chi connectivity index (χ0n) is 17.2. The maximum Gasteiger partial charge on any atom is 0.291 e. The van der Waals surface area contributed by atoms with E-state index in [-0.39, 0.29) is 29.4 Å². The Kier molecular flexibility index (Phi) is 6.16. The van der Waals surface area contributed by atoms with Crippen LogP contribution in [0.25, 0.3) is 22.6 Å². The quantitative estimate of drug-likeness (QED) is 0.270. The van der Waals surface area contributed by atoms with Crippen molar-refractivity contribution < 1.29 is 28.4 Å². The summed E-state index contributed by atoms with van der Waals surface area (Å²) in [6.45, 7) is -0.226. The maximum atomic E-state index is 12.6. The van der Waals surface area contributed by atoms with Gasteiger partial charge >= 0.3 is 0 Å². The van der Waals surface area contributed by atoms with Gasteiger partial charge in [-0.05, 0) is 54.6 Å². The number of hydrogen-bond acceptors (Lipinski definition) is 7. The van der Waals surface area contributed by atoms with E-state index in [1.165, 1.54) is 31.4 Å². The lowest BCUT2D eigenvalue weighted by molar-refractivity contribution is -0.384. The number of hydrogen-bond donors (Lipinski definition) is 2. The van der Waals surface area contributed by atoms with Crippen LogP contribution < -0.4 is 10.1 Å². The Morgan fingerprint density at radius 3 is 2.45 bits per heavy atom. The summed E-state index contributed by atoms with van der Waals surface area (Å²) in [6.07, 6.45) is 0. The number of carbonyl (C=O) groups excluding carboxylic acids is 1. The molecule has 0 atom stereocenters. The Balaban J connectivity index is 1.54. The molecule has 4 rings (SSSR count). The molecule has 0 bridgehead atoms. The van der Waals surface area contributed by atoms with Crippen LogP contribution in [-0.4, -0.2) is 23.0 Å². The number of nitro benzene ring substituents is 1. The third kappa shape index (κ3) is 4.59. The second-order valence-corrected chi connectivity index (χ2v) is 7.28. The van der Waals surface area contributed by atoms with Crippen LogP contribution in [-0.2, 0) is 6.61 Å². The molecule has 0 spiro atoms. The first-order valence-electron chi connectivity index (χ1n) is 9.63. The average Bonchev–Trinajstić information content (AvgIpc) is 3.49. The van der Waals surface area contributed by atoms with E-state index in [1.54, 1.807) is 36.4 Å². The summed E-state index contributed by atoms with van der Waals surface area (Å²) < 4.78 is 16.1. The summed E-state index contributed by atoms with van der Waals surface area (Å²) in [5.41, 5.74) is 1.02. The van der Waals surface area contributed by atoms with E-state index < -0.39 is 10.8 Å². The van der Waals surface area contributed by atoms with Crippen LogP contribution >= 0.6 is 11.6 Å². The minimum Gasteiger partial charge on any atom is -0.497 e. The second-order valence-electron chi connectivity index (χ2n) is 6.88. The number of ether oxygens (including phenoxy) is 1. The molecule has 0 aliphatic rings. The molecule has 1 amide bonds. The molecule has 0 aliphatic heterocycles. The highest BCUT2D eigenvalue weighted by molar-refractivity contribution is 6.33. The standard InChI is InChI=1S/C23H17ClN2O7/c1-31-14-3-6-17(19(11-14)26(29)30)21-8-9-22(33-21)23(28)25-13-2-5-16(18(24)10-13)20-7-4-15(12-27)32-20/h2-11,27H,12H2,1H3,(H,25,28). The van der Waals surface area contributed by atoms with Gasteiger partial charge in [-0.15, -0.1) is 0 Å². The van der Waals surface area contributed by atoms with Gasteiger partial charge in [0.15, 0.2) is 5.76 Å². The SMILES string of the molecule is COc1ccc(-c2ccc(C(=O)Nc3ccc(-c4ccc(CO)o4)c(Cl)c3)o2)c([N+](=O)[O-])c1. The highest BCUT2D eigenvalue weighted by Gasteiger charge is 2.21. The number of nitrogens with one attached hydrogen (secondary N) is 1. The van der Waals surface area contributed by atoms with Crippen LogP contribution in [0.2, 0.25) is 5.02 Å². The van der Waals surface area contributed by atoms with E-state index in [9.17, 15) is 14.9 Å². The lowest BCUT2D eigenvalue weighted by Crippen LogP contribution is -2.10. The van der Waals surface area contributed by atoms with Crippen LogP contribution in [0.4, 0.5) is 11.4 Å². The largest absolute Gasteiger partial charge is 0.497 e. The molecule has 0 unspecified atom stereocenters.